The molecule has 7 heteroatoms. The summed E-state index contributed by atoms with van der Waals surface area (Å²) in [5.74, 6) is -0.640. The molecule has 1 aromatic rings. The minimum absolute atomic E-state index is 0.0409. The van der Waals surface area contributed by atoms with E-state index in [1.165, 1.54) is 20.4 Å². The Hall–Kier alpha value is -1.43. The first-order valence-electron chi connectivity index (χ1n) is 5.00. The lowest BCUT2D eigenvalue weighted by molar-refractivity contribution is -0.139. The van der Waals surface area contributed by atoms with Crippen LogP contribution in [0.3, 0.4) is 0 Å². The highest BCUT2D eigenvalue weighted by Gasteiger charge is 2.23. The quantitative estimate of drug-likeness (QED) is 0.614. The van der Waals surface area contributed by atoms with Crippen LogP contribution in [-0.4, -0.2) is 25.2 Å². The number of pyridine rings is 1. The summed E-state index contributed by atoms with van der Waals surface area (Å²) in [6.45, 7) is 0. The van der Waals surface area contributed by atoms with Gasteiger partial charge in [0, 0.05) is 17.6 Å². The molecule has 0 aromatic carbocycles. The van der Waals surface area contributed by atoms with Crippen molar-refractivity contribution >= 4 is 17.6 Å². The molecule has 0 atom stereocenters. The van der Waals surface area contributed by atoms with Crippen LogP contribution >= 0.6 is 11.6 Å². The van der Waals surface area contributed by atoms with Crippen LogP contribution in [0.25, 0.3) is 0 Å². The first-order valence-corrected chi connectivity index (χ1v) is 5.54. The predicted molar refractivity (Wildman–Crippen MR) is 61.0 cm³/mol. The zero-order valence-electron chi connectivity index (χ0n) is 9.87. The van der Waals surface area contributed by atoms with Gasteiger partial charge in [-0.15, -0.1) is 11.6 Å². The molecule has 0 fully saturated rings. The molecule has 1 aromatic heterocycles. The number of esters is 1. The number of ether oxygens (including phenoxy) is 2. The molecule has 0 bridgehead atoms. The third-order valence-corrected chi connectivity index (χ3v) is 2.65. The van der Waals surface area contributed by atoms with Crippen molar-refractivity contribution in [3.63, 3.8) is 0 Å². The highest BCUT2D eigenvalue weighted by Crippen LogP contribution is 2.33. The van der Waals surface area contributed by atoms with Crippen molar-refractivity contribution in [2.75, 3.05) is 14.2 Å². The van der Waals surface area contributed by atoms with E-state index >= 15 is 0 Å². The standard InChI is InChI=1S/C11H12ClF2NO3/c1-17-8(16)3-7-6(4-12)5-15-9(11(13)14)10(7)18-2/h5,11H,3-4H2,1-2H3. The van der Waals surface area contributed by atoms with Crippen LogP contribution in [-0.2, 0) is 21.8 Å². The Balaban J connectivity index is 3.32. The second-order valence-electron chi connectivity index (χ2n) is 3.37. The van der Waals surface area contributed by atoms with E-state index in [4.69, 9.17) is 16.3 Å². The van der Waals surface area contributed by atoms with Gasteiger partial charge in [0.25, 0.3) is 6.43 Å². The fraction of sp³-hybridized carbons (Fsp3) is 0.455. The first kappa shape index (κ1) is 14.6. The van der Waals surface area contributed by atoms with Crippen molar-refractivity contribution in [2.45, 2.75) is 18.7 Å². The zero-order valence-corrected chi connectivity index (χ0v) is 10.6. The molecular weight excluding hydrogens is 268 g/mol. The van der Waals surface area contributed by atoms with Gasteiger partial charge in [-0.25, -0.2) is 8.78 Å². The van der Waals surface area contributed by atoms with Crippen LogP contribution in [0.2, 0.25) is 0 Å². The summed E-state index contributed by atoms with van der Waals surface area (Å²) < 4.78 is 34.9. The molecule has 0 N–H and O–H groups in total. The Morgan fingerprint density at radius 1 is 1.50 bits per heavy atom. The maximum atomic E-state index is 12.8. The van der Waals surface area contributed by atoms with Crippen LogP contribution in [0.15, 0.2) is 6.20 Å². The van der Waals surface area contributed by atoms with Crippen molar-refractivity contribution < 1.29 is 23.0 Å². The second-order valence-corrected chi connectivity index (χ2v) is 3.63. The monoisotopic (exact) mass is 279 g/mol. The third-order valence-electron chi connectivity index (χ3n) is 2.36. The maximum Gasteiger partial charge on any atom is 0.310 e. The number of alkyl halides is 3. The fourth-order valence-corrected chi connectivity index (χ4v) is 1.72. The van der Waals surface area contributed by atoms with Gasteiger partial charge in [-0.05, 0) is 5.56 Å². The molecule has 18 heavy (non-hydrogen) atoms. The highest BCUT2D eigenvalue weighted by molar-refractivity contribution is 6.17. The van der Waals surface area contributed by atoms with E-state index in [2.05, 4.69) is 9.72 Å². The van der Waals surface area contributed by atoms with E-state index < -0.39 is 18.1 Å². The Kier molecular flexibility index (Phi) is 5.27. The molecule has 1 heterocycles. The summed E-state index contributed by atoms with van der Waals surface area (Å²) in [6, 6.07) is 0. The summed E-state index contributed by atoms with van der Waals surface area (Å²) in [7, 11) is 2.45. The molecule has 0 unspecified atom stereocenters. The molecule has 0 spiro atoms. The van der Waals surface area contributed by atoms with Gasteiger partial charge in [0.1, 0.15) is 11.4 Å². The zero-order chi connectivity index (χ0) is 13.7. The summed E-state index contributed by atoms with van der Waals surface area (Å²) >= 11 is 5.68. The topological polar surface area (TPSA) is 48.4 Å². The van der Waals surface area contributed by atoms with Gasteiger partial charge in [0.05, 0.1) is 20.6 Å². The normalized spacial score (nSPS) is 10.6. The van der Waals surface area contributed by atoms with Gasteiger partial charge >= 0.3 is 5.97 Å². The van der Waals surface area contributed by atoms with Crippen molar-refractivity contribution in [1.29, 1.82) is 0 Å². The van der Waals surface area contributed by atoms with Crippen molar-refractivity contribution in [2.24, 2.45) is 0 Å². The second kappa shape index (κ2) is 6.49. The molecule has 1 rings (SSSR count). The largest absolute Gasteiger partial charge is 0.494 e. The Labute approximate surface area is 108 Å². The van der Waals surface area contributed by atoms with Crippen LogP contribution in [0, 0.1) is 0 Å². The van der Waals surface area contributed by atoms with Gasteiger partial charge < -0.3 is 9.47 Å². The minimum atomic E-state index is -2.79. The van der Waals surface area contributed by atoms with Crippen molar-refractivity contribution in [1.82, 2.24) is 4.98 Å². The van der Waals surface area contributed by atoms with E-state index in [-0.39, 0.29) is 23.6 Å². The molecule has 0 aliphatic carbocycles. The molecule has 100 valence electrons. The van der Waals surface area contributed by atoms with Crippen LogP contribution in [0.5, 0.6) is 5.75 Å². The Morgan fingerprint density at radius 2 is 2.17 bits per heavy atom. The number of carbonyl (C=O) groups excluding carboxylic acids is 1. The molecule has 0 saturated carbocycles. The van der Waals surface area contributed by atoms with Gasteiger partial charge in [-0.2, -0.15) is 0 Å². The highest BCUT2D eigenvalue weighted by atomic mass is 35.5. The first-order chi connectivity index (χ1) is 8.54. The number of aromatic nitrogens is 1. The SMILES string of the molecule is COC(=O)Cc1c(CCl)cnc(C(F)F)c1OC. The summed E-state index contributed by atoms with van der Waals surface area (Å²) in [6.07, 6.45) is -1.76. The van der Waals surface area contributed by atoms with Crippen LogP contribution in [0.1, 0.15) is 23.2 Å². The number of rotatable bonds is 5. The number of methoxy groups -OCH3 is 2. The van der Waals surface area contributed by atoms with Crippen LogP contribution < -0.4 is 4.74 Å². The van der Waals surface area contributed by atoms with Crippen LogP contribution in [0.4, 0.5) is 8.78 Å². The minimum Gasteiger partial charge on any atom is -0.494 e. The summed E-state index contributed by atoms with van der Waals surface area (Å²) in [4.78, 5) is 14.9. The van der Waals surface area contributed by atoms with E-state index in [0.717, 1.165) is 0 Å². The lowest BCUT2D eigenvalue weighted by atomic mass is 10.1. The summed E-state index contributed by atoms with van der Waals surface area (Å²) in [5, 5.41) is 0. The Morgan fingerprint density at radius 3 is 2.61 bits per heavy atom. The van der Waals surface area contributed by atoms with Crippen molar-refractivity contribution in [3.8, 4) is 5.75 Å². The fourth-order valence-electron chi connectivity index (χ4n) is 1.49. The number of halogens is 3. The number of hydrogen-bond donors (Lipinski definition) is 0. The number of nitrogens with zero attached hydrogens (tertiary/aromatic N) is 1. The van der Waals surface area contributed by atoms with E-state index in [1.807, 2.05) is 0 Å². The Bertz CT molecular complexity index is 441. The van der Waals surface area contributed by atoms with Gasteiger partial charge in [0.15, 0.2) is 0 Å². The summed E-state index contributed by atoms with van der Waals surface area (Å²) in [5.41, 5.74) is 0.234. The molecule has 0 amide bonds. The van der Waals surface area contributed by atoms with Gasteiger partial charge in [0.2, 0.25) is 0 Å². The molecular formula is C11H12ClF2NO3. The molecule has 0 aliphatic rings. The third kappa shape index (κ3) is 3.07. The van der Waals surface area contributed by atoms with Gasteiger partial charge in [-0.1, -0.05) is 0 Å². The smallest absolute Gasteiger partial charge is 0.310 e. The number of hydrogen-bond acceptors (Lipinski definition) is 4. The maximum absolute atomic E-state index is 12.8. The molecule has 0 radical (unpaired) electrons. The molecule has 0 saturated heterocycles. The molecule has 0 aliphatic heterocycles. The van der Waals surface area contributed by atoms with Crippen molar-refractivity contribution in [3.05, 3.63) is 23.0 Å². The predicted octanol–water partition coefficient (Wildman–Crippen LogP) is 2.48. The number of carbonyl (C=O) groups is 1. The molecule has 4 nitrogen and oxygen atoms in total. The average molecular weight is 280 g/mol. The van der Waals surface area contributed by atoms with E-state index in [1.54, 1.807) is 0 Å². The lowest BCUT2D eigenvalue weighted by Gasteiger charge is -2.14. The average Bonchev–Trinajstić information content (AvgIpc) is 2.37. The van der Waals surface area contributed by atoms with E-state index in [9.17, 15) is 13.6 Å². The van der Waals surface area contributed by atoms with Gasteiger partial charge in [-0.3, -0.25) is 9.78 Å². The van der Waals surface area contributed by atoms with E-state index in [0.29, 0.717) is 5.56 Å². The lowest BCUT2D eigenvalue weighted by Crippen LogP contribution is -2.11.